The number of ether oxygens (including phenoxy) is 1. The first kappa shape index (κ1) is 12.2. The molecule has 0 aliphatic heterocycles. The summed E-state index contributed by atoms with van der Waals surface area (Å²) in [6.07, 6.45) is 0.108. The van der Waals surface area contributed by atoms with Crippen LogP contribution in [0, 0.1) is 5.82 Å². The highest BCUT2D eigenvalue weighted by molar-refractivity contribution is 5.83. The lowest BCUT2D eigenvalue weighted by Crippen LogP contribution is -2.31. The molecule has 0 aliphatic carbocycles. The molecule has 0 saturated carbocycles. The molecule has 1 aromatic rings. The van der Waals surface area contributed by atoms with E-state index in [2.05, 4.69) is 10.1 Å². The van der Waals surface area contributed by atoms with Gasteiger partial charge in [0, 0.05) is 0 Å². The number of nitrogens with one attached hydrogen (secondary N) is 1. The number of hydrogen-bond donors (Lipinski definition) is 1. The zero-order valence-corrected chi connectivity index (χ0v) is 8.83. The van der Waals surface area contributed by atoms with Crippen LogP contribution in [0.5, 0.6) is 0 Å². The van der Waals surface area contributed by atoms with E-state index in [4.69, 9.17) is 0 Å². The lowest BCUT2D eigenvalue weighted by atomic mass is 10.1. The van der Waals surface area contributed by atoms with Crippen molar-refractivity contribution < 1.29 is 18.7 Å². The molecule has 16 heavy (non-hydrogen) atoms. The van der Waals surface area contributed by atoms with Gasteiger partial charge in [0.2, 0.25) is 5.91 Å². The van der Waals surface area contributed by atoms with Gasteiger partial charge in [-0.1, -0.05) is 12.1 Å². The SMILES string of the molecule is COC(=O)CNC(=O)Cc1ccc(F)cc1. The van der Waals surface area contributed by atoms with Crippen LogP contribution in [-0.4, -0.2) is 25.5 Å². The van der Waals surface area contributed by atoms with Crippen molar-refractivity contribution in [1.82, 2.24) is 5.32 Å². The molecule has 0 spiro atoms. The van der Waals surface area contributed by atoms with Crippen molar-refractivity contribution in [1.29, 1.82) is 0 Å². The molecule has 0 aliphatic rings. The highest BCUT2D eigenvalue weighted by Crippen LogP contribution is 2.03. The third kappa shape index (κ3) is 4.08. The summed E-state index contributed by atoms with van der Waals surface area (Å²) in [5.41, 5.74) is 0.684. The first-order valence-corrected chi connectivity index (χ1v) is 4.70. The number of methoxy groups -OCH3 is 1. The Hall–Kier alpha value is -1.91. The van der Waals surface area contributed by atoms with Crippen molar-refractivity contribution in [2.45, 2.75) is 6.42 Å². The number of halogens is 1. The second-order valence-corrected chi connectivity index (χ2v) is 3.16. The normalized spacial score (nSPS) is 9.62. The average molecular weight is 225 g/mol. The van der Waals surface area contributed by atoms with E-state index >= 15 is 0 Å². The number of benzene rings is 1. The maximum absolute atomic E-state index is 12.6. The Morgan fingerprint density at radius 2 is 1.94 bits per heavy atom. The van der Waals surface area contributed by atoms with E-state index in [-0.39, 0.29) is 24.7 Å². The number of rotatable bonds is 4. The van der Waals surface area contributed by atoms with E-state index < -0.39 is 5.97 Å². The molecule has 0 fully saturated rings. The van der Waals surface area contributed by atoms with Crippen LogP contribution in [0.3, 0.4) is 0 Å². The Labute approximate surface area is 92.4 Å². The quantitative estimate of drug-likeness (QED) is 0.766. The molecule has 0 unspecified atom stereocenters. The van der Waals surface area contributed by atoms with Crippen LogP contribution >= 0.6 is 0 Å². The van der Waals surface area contributed by atoms with Crippen molar-refractivity contribution >= 4 is 11.9 Å². The first-order chi connectivity index (χ1) is 7.61. The number of hydrogen-bond acceptors (Lipinski definition) is 3. The summed E-state index contributed by atoms with van der Waals surface area (Å²) < 4.78 is 16.9. The molecule has 1 N–H and O–H groups in total. The van der Waals surface area contributed by atoms with Gasteiger partial charge in [-0.3, -0.25) is 9.59 Å². The summed E-state index contributed by atoms with van der Waals surface area (Å²) in [6.45, 7) is -0.156. The fraction of sp³-hybridized carbons (Fsp3) is 0.273. The van der Waals surface area contributed by atoms with E-state index in [0.717, 1.165) is 0 Å². The summed E-state index contributed by atoms with van der Waals surface area (Å²) in [7, 11) is 1.24. The van der Waals surface area contributed by atoms with Gasteiger partial charge < -0.3 is 10.1 Å². The molecular formula is C11H12FNO3. The molecule has 0 saturated heterocycles. The Morgan fingerprint density at radius 1 is 1.31 bits per heavy atom. The number of amides is 1. The topological polar surface area (TPSA) is 55.4 Å². The van der Waals surface area contributed by atoms with Gasteiger partial charge in [0.1, 0.15) is 12.4 Å². The molecule has 0 radical (unpaired) electrons. The molecule has 86 valence electrons. The van der Waals surface area contributed by atoms with E-state index in [1.54, 1.807) is 0 Å². The lowest BCUT2D eigenvalue weighted by molar-refractivity contribution is -0.141. The van der Waals surface area contributed by atoms with Crippen molar-refractivity contribution in [2.75, 3.05) is 13.7 Å². The van der Waals surface area contributed by atoms with Crippen molar-refractivity contribution in [3.63, 3.8) is 0 Å². The number of carbonyl (C=O) groups is 2. The fourth-order valence-electron chi connectivity index (χ4n) is 1.09. The van der Waals surface area contributed by atoms with Crippen LogP contribution in [0.15, 0.2) is 24.3 Å². The van der Waals surface area contributed by atoms with Gasteiger partial charge in [-0.15, -0.1) is 0 Å². The maximum Gasteiger partial charge on any atom is 0.325 e. The van der Waals surface area contributed by atoms with Crippen molar-refractivity contribution in [3.05, 3.63) is 35.6 Å². The average Bonchev–Trinajstić information content (AvgIpc) is 2.29. The molecule has 4 nitrogen and oxygen atoms in total. The van der Waals surface area contributed by atoms with Crippen LogP contribution in [0.1, 0.15) is 5.56 Å². The Kier molecular flexibility index (Phi) is 4.44. The summed E-state index contributed by atoms with van der Waals surface area (Å²) >= 11 is 0. The van der Waals surface area contributed by atoms with E-state index in [1.165, 1.54) is 31.4 Å². The zero-order chi connectivity index (χ0) is 12.0. The van der Waals surface area contributed by atoms with Crippen LogP contribution in [0.25, 0.3) is 0 Å². The smallest absolute Gasteiger partial charge is 0.325 e. The Balaban J connectivity index is 2.40. The summed E-state index contributed by atoms with van der Waals surface area (Å²) in [5.74, 6) is -1.16. The molecule has 0 aromatic heterocycles. The summed E-state index contributed by atoms with van der Waals surface area (Å²) in [5, 5.41) is 2.39. The van der Waals surface area contributed by atoms with Gasteiger partial charge in [-0.2, -0.15) is 0 Å². The second-order valence-electron chi connectivity index (χ2n) is 3.16. The van der Waals surface area contributed by atoms with Crippen LogP contribution < -0.4 is 5.32 Å². The van der Waals surface area contributed by atoms with Crippen LogP contribution in [0.4, 0.5) is 4.39 Å². The van der Waals surface area contributed by atoms with Crippen molar-refractivity contribution in [3.8, 4) is 0 Å². The van der Waals surface area contributed by atoms with Gasteiger partial charge in [0.25, 0.3) is 0 Å². The monoisotopic (exact) mass is 225 g/mol. The van der Waals surface area contributed by atoms with Gasteiger partial charge >= 0.3 is 5.97 Å². The highest BCUT2D eigenvalue weighted by Gasteiger charge is 2.06. The second kappa shape index (κ2) is 5.85. The standard InChI is InChI=1S/C11H12FNO3/c1-16-11(15)7-13-10(14)6-8-2-4-9(12)5-3-8/h2-5H,6-7H2,1H3,(H,13,14). The first-order valence-electron chi connectivity index (χ1n) is 4.70. The third-order valence-electron chi connectivity index (χ3n) is 1.94. The minimum absolute atomic E-state index is 0.108. The highest BCUT2D eigenvalue weighted by atomic mass is 19.1. The van der Waals surface area contributed by atoms with Gasteiger partial charge in [0.05, 0.1) is 13.5 Å². The summed E-state index contributed by atoms with van der Waals surface area (Å²) in [4.78, 5) is 22.0. The van der Waals surface area contributed by atoms with Gasteiger partial charge in [0.15, 0.2) is 0 Å². The lowest BCUT2D eigenvalue weighted by Gasteiger charge is -2.03. The van der Waals surface area contributed by atoms with E-state index in [9.17, 15) is 14.0 Å². The molecule has 0 heterocycles. The van der Waals surface area contributed by atoms with E-state index in [1.807, 2.05) is 0 Å². The number of esters is 1. The molecule has 1 rings (SSSR count). The molecule has 1 amide bonds. The maximum atomic E-state index is 12.6. The van der Waals surface area contributed by atoms with Gasteiger partial charge in [-0.05, 0) is 17.7 Å². The fourth-order valence-corrected chi connectivity index (χ4v) is 1.09. The Morgan fingerprint density at radius 3 is 2.50 bits per heavy atom. The molecule has 0 atom stereocenters. The van der Waals surface area contributed by atoms with Crippen LogP contribution in [0.2, 0.25) is 0 Å². The predicted molar refractivity (Wildman–Crippen MR) is 55.1 cm³/mol. The molecule has 0 bridgehead atoms. The third-order valence-corrected chi connectivity index (χ3v) is 1.94. The largest absolute Gasteiger partial charge is 0.468 e. The molecule has 1 aromatic carbocycles. The van der Waals surface area contributed by atoms with Crippen LogP contribution in [-0.2, 0) is 20.7 Å². The van der Waals surface area contributed by atoms with Crippen molar-refractivity contribution in [2.24, 2.45) is 0 Å². The number of carbonyl (C=O) groups excluding carboxylic acids is 2. The molecular weight excluding hydrogens is 213 g/mol. The predicted octanol–water partition coefficient (Wildman–Crippen LogP) is 0.657. The minimum Gasteiger partial charge on any atom is -0.468 e. The molecule has 5 heteroatoms. The minimum atomic E-state index is -0.507. The zero-order valence-electron chi connectivity index (χ0n) is 8.83. The van der Waals surface area contributed by atoms with Gasteiger partial charge in [-0.25, -0.2) is 4.39 Å². The summed E-state index contributed by atoms with van der Waals surface area (Å²) in [6, 6.07) is 5.60. The van der Waals surface area contributed by atoms with E-state index in [0.29, 0.717) is 5.56 Å². The Bertz CT molecular complexity index is 375.